The minimum absolute atomic E-state index is 0.332. The molecule has 0 saturated heterocycles. The third-order valence-corrected chi connectivity index (χ3v) is 7.82. The van der Waals surface area contributed by atoms with Gasteiger partial charge in [0.15, 0.2) is 0 Å². The molecule has 0 aromatic rings. The number of aliphatic hydroxyl groups is 3. The summed E-state index contributed by atoms with van der Waals surface area (Å²) >= 11 is 0. The van der Waals surface area contributed by atoms with Gasteiger partial charge in [-0.2, -0.15) is 0 Å². The summed E-state index contributed by atoms with van der Waals surface area (Å²) < 4.78 is 0. The lowest BCUT2D eigenvalue weighted by Crippen LogP contribution is -2.15. The van der Waals surface area contributed by atoms with Crippen molar-refractivity contribution in [3.05, 3.63) is 12.2 Å². The Bertz CT molecular complexity index is 675. The van der Waals surface area contributed by atoms with Gasteiger partial charge < -0.3 is 30.6 Å². The molecule has 0 radical (unpaired) electrons. The maximum Gasteiger partial charge on any atom is 0.303 e. The van der Waals surface area contributed by atoms with E-state index in [2.05, 4.69) is 26.0 Å². The van der Waals surface area contributed by atoms with Gasteiger partial charge in [0.25, 0.3) is 5.97 Å². The Balaban J connectivity index is -0.000000324. The maximum absolute atomic E-state index is 10.3. The van der Waals surface area contributed by atoms with Crippen LogP contribution in [0, 0.1) is 0 Å². The topological polar surface area (TPSA) is 173 Å². The van der Waals surface area contributed by atoms with E-state index in [1.54, 1.807) is 0 Å². The Hall–Kier alpha value is -1.97. The van der Waals surface area contributed by atoms with E-state index in [0.29, 0.717) is 12.8 Å². The van der Waals surface area contributed by atoms with E-state index in [-0.39, 0.29) is 13.2 Å². The zero-order chi connectivity index (χ0) is 37.6. The van der Waals surface area contributed by atoms with Crippen LogP contribution in [0.2, 0.25) is 0 Å². The largest absolute Gasteiger partial charge is 0.481 e. The number of carbonyl (C=O) groups is 3. The van der Waals surface area contributed by atoms with Crippen molar-refractivity contribution in [1.82, 2.24) is 0 Å². The molecule has 0 atom stereocenters. The number of aliphatic hydroxyl groups excluding tert-OH is 3. The van der Waals surface area contributed by atoms with Crippen molar-refractivity contribution in [2.45, 2.75) is 213 Å². The first kappa shape index (κ1) is 53.8. The summed E-state index contributed by atoms with van der Waals surface area (Å²) in [6, 6.07) is 0. The van der Waals surface area contributed by atoms with Crippen molar-refractivity contribution in [3.8, 4) is 0 Å². The molecule has 294 valence electrons. The van der Waals surface area contributed by atoms with Gasteiger partial charge in [-0.25, -0.2) is 0 Å². The van der Waals surface area contributed by atoms with Gasteiger partial charge in [-0.05, 0) is 38.5 Å². The van der Waals surface area contributed by atoms with E-state index in [4.69, 9.17) is 35.4 Å². The molecule has 0 fully saturated rings. The third-order valence-electron chi connectivity index (χ3n) is 7.82. The number of allylic oxidation sites excluding steroid dienone is 2. The molecule has 6 N–H and O–H groups in total. The molecule has 0 unspecified atom stereocenters. The highest BCUT2D eigenvalue weighted by Gasteiger charge is 1.98. The van der Waals surface area contributed by atoms with E-state index in [1.165, 1.54) is 148 Å². The predicted molar refractivity (Wildman–Crippen MR) is 203 cm³/mol. The Morgan fingerprint density at radius 3 is 0.878 bits per heavy atom. The Morgan fingerprint density at radius 1 is 0.449 bits per heavy atom. The monoisotopic (exact) mass is 705 g/mol. The quantitative estimate of drug-likeness (QED) is 0.0294. The summed E-state index contributed by atoms with van der Waals surface area (Å²) in [6.07, 6.45) is 39.0. The fourth-order valence-corrected chi connectivity index (χ4v) is 4.88. The van der Waals surface area contributed by atoms with E-state index >= 15 is 0 Å². The van der Waals surface area contributed by atoms with Crippen LogP contribution in [0.1, 0.15) is 207 Å². The summed E-state index contributed by atoms with van der Waals surface area (Å²) in [5.74, 6) is -2.15. The van der Waals surface area contributed by atoms with Crippen LogP contribution >= 0.6 is 0 Å². The van der Waals surface area contributed by atoms with Crippen LogP contribution in [0.5, 0.6) is 0 Å². The lowest BCUT2D eigenvalue weighted by Gasteiger charge is -2.02. The lowest BCUT2D eigenvalue weighted by molar-refractivity contribution is -0.138. The molecule has 49 heavy (non-hydrogen) atoms. The van der Waals surface area contributed by atoms with Crippen molar-refractivity contribution in [1.29, 1.82) is 0 Å². The highest BCUT2D eigenvalue weighted by molar-refractivity contribution is 5.66. The Kier molecular flexibility index (Phi) is 55.4. The molecular weight excluding hydrogens is 624 g/mol. The average molecular weight is 705 g/mol. The summed E-state index contributed by atoms with van der Waals surface area (Å²) in [6.45, 7) is 4.88. The standard InChI is InChI=1S/C18H34O2.C17H34O2.C3H8O3.C2H4O2/c1-2-3-4-5-6-7-8-9-10-11-12-13-14-15-16-17-18(19)20;1-2-3-4-5-6-7-8-9-10-11-12-13-14-15-16-17(18)19;4-1-3(6)2-5;1-2(3)4/h9-10H,2-8,11-17H2,1H3,(H,19,20);2-16H2,1H3,(H,18,19);3-6H,1-2H2;1H3,(H,3,4). The summed E-state index contributed by atoms with van der Waals surface area (Å²) in [7, 11) is 0. The van der Waals surface area contributed by atoms with Gasteiger partial charge in [0, 0.05) is 19.8 Å². The smallest absolute Gasteiger partial charge is 0.303 e. The summed E-state index contributed by atoms with van der Waals surface area (Å²) in [5, 5.41) is 48.4. The number of aliphatic carboxylic acids is 3. The zero-order valence-electron chi connectivity index (χ0n) is 32.1. The van der Waals surface area contributed by atoms with Crippen LogP contribution in [-0.2, 0) is 14.4 Å². The minimum Gasteiger partial charge on any atom is -0.481 e. The number of hydrogen-bond donors (Lipinski definition) is 6. The molecule has 0 aliphatic rings. The predicted octanol–water partition coefficient (Wildman–Crippen LogP) is 10.5. The summed E-state index contributed by atoms with van der Waals surface area (Å²) in [4.78, 5) is 29.6. The average Bonchev–Trinajstić information content (AvgIpc) is 3.06. The molecule has 9 heteroatoms. The van der Waals surface area contributed by atoms with Crippen LogP contribution in [0.25, 0.3) is 0 Å². The first-order valence-electron chi connectivity index (χ1n) is 19.8. The van der Waals surface area contributed by atoms with E-state index in [0.717, 1.165) is 32.6 Å². The first-order chi connectivity index (χ1) is 23.6. The first-order valence-corrected chi connectivity index (χ1v) is 19.8. The van der Waals surface area contributed by atoms with Gasteiger partial charge in [-0.1, -0.05) is 161 Å². The van der Waals surface area contributed by atoms with Crippen LogP contribution in [0.3, 0.4) is 0 Å². The molecule has 0 aromatic heterocycles. The van der Waals surface area contributed by atoms with Gasteiger partial charge in [0.05, 0.1) is 13.2 Å². The number of rotatable bonds is 32. The maximum atomic E-state index is 10.3. The van der Waals surface area contributed by atoms with Gasteiger partial charge in [0.2, 0.25) is 0 Å². The molecule has 0 amide bonds. The van der Waals surface area contributed by atoms with Crippen molar-refractivity contribution < 1.29 is 45.0 Å². The van der Waals surface area contributed by atoms with Gasteiger partial charge in [0.1, 0.15) is 6.10 Å². The fourth-order valence-electron chi connectivity index (χ4n) is 4.88. The zero-order valence-corrected chi connectivity index (χ0v) is 32.1. The van der Waals surface area contributed by atoms with Gasteiger partial charge in [-0.3, -0.25) is 14.4 Å². The molecule has 0 spiro atoms. The van der Waals surface area contributed by atoms with E-state index < -0.39 is 24.0 Å². The number of carboxylic acid groups (broad SMARTS) is 3. The minimum atomic E-state index is -0.954. The summed E-state index contributed by atoms with van der Waals surface area (Å²) in [5.41, 5.74) is 0. The van der Waals surface area contributed by atoms with Crippen LogP contribution in [0.4, 0.5) is 0 Å². The highest BCUT2D eigenvalue weighted by Crippen LogP contribution is 2.13. The van der Waals surface area contributed by atoms with Gasteiger partial charge >= 0.3 is 11.9 Å². The molecular formula is C40H80O9. The SMILES string of the molecule is CC(=O)O.CCCCCCCCC=CCCCCCCCC(=O)O.CCCCCCCCCCCCCCCCC(=O)O.OCC(O)CO. The second-order valence-electron chi connectivity index (χ2n) is 13.0. The van der Waals surface area contributed by atoms with E-state index in [9.17, 15) is 9.59 Å². The molecule has 0 bridgehead atoms. The molecule has 0 saturated carbocycles. The molecule has 0 aliphatic carbocycles. The molecule has 0 aromatic carbocycles. The lowest BCUT2D eigenvalue weighted by atomic mass is 10.0. The molecule has 9 nitrogen and oxygen atoms in total. The van der Waals surface area contributed by atoms with Gasteiger partial charge in [-0.15, -0.1) is 0 Å². The molecule has 0 heterocycles. The van der Waals surface area contributed by atoms with E-state index in [1.807, 2.05) is 0 Å². The number of unbranched alkanes of at least 4 members (excludes halogenated alkanes) is 24. The molecule has 0 rings (SSSR count). The van der Waals surface area contributed by atoms with Crippen LogP contribution in [-0.4, -0.2) is 67.9 Å². The third kappa shape index (κ3) is 72.7. The van der Waals surface area contributed by atoms with Crippen molar-refractivity contribution >= 4 is 17.9 Å². The molecule has 0 aliphatic heterocycles. The normalized spacial score (nSPS) is 10.5. The van der Waals surface area contributed by atoms with Crippen LogP contribution in [0.15, 0.2) is 12.2 Å². The highest BCUT2D eigenvalue weighted by atomic mass is 16.4. The second kappa shape index (κ2) is 50.4. The van der Waals surface area contributed by atoms with Crippen molar-refractivity contribution in [2.75, 3.05) is 13.2 Å². The van der Waals surface area contributed by atoms with Crippen LogP contribution < -0.4 is 0 Å². The van der Waals surface area contributed by atoms with Crippen molar-refractivity contribution in [2.24, 2.45) is 0 Å². The fraction of sp³-hybridized carbons (Fsp3) is 0.875. The van der Waals surface area contributed by atoms with Crippen molar-refractivity contribution in [3.63, 3.8) is 0 Å². The number of carboxylic acids is 3. The Morgan fingerprint density at radius 2 is 0.673 bits per heavy atom. The Labute approximate surface area is 301 Å². The second-order valence-corrected chi connectivity index (χ2v) is 13.0. The number of hydrogen-bond acceptors (Lipinski definition) is 6.